The van der Waals surface area contributed by atoms with Crippen LogP contribution in [-0.4, -0.2) is 27.4 Å². The number of rotatable bonds is 1. The molecule has 2 nitrogen and oxygen atoms in total. The Kier molecular flexibility index (Phi) is 2.95. The minimum Gasteiger partial charge on any atom is -0.243 e. The molecule has 0 aliphatic carbocycles. The maximum Gasteiger partial charge on any atom is 0.0330 e. The largest absolute Gasteiger partial charge is 0.243 e. The molecule has 0 aromatic rings. The molecule has 0 radical (unpaired) electrons. The number of nitrogens with zero attached hydrogens (tertiary/aromatic N) is 2. The van der Waals surface area contributed by atoms with Gasteiger partial charge in [0.15, 0.2) is 0 Å². The molecule has 58 valence electrons. The normalized spacial score (nSPS) is 21.2. The first-order valence-electron chi connectivity index (χ1n) is 3.17. The van der Waals surface area contributed by atoms with Crippen molar-refractivity contribution in [3.05, 3.63) is 12.3 Å². The van der Waals surface area contributed by atoms with Gasteiger partial charge in [0.05, 0.1) is 0 Å². The Balaban J connectivity index is 2.47. The van der Waals surface area contributed by atoms with E-state index in [1.807, 2.05) is 30.8 Å². The topological polar surface area (TPSA) is 6.48 Å². The zero-order chi connectivity index (χ0) is 7.56. The lowest BCUT2D eigenvalue weighted by molar-refractivity contribution is 0.294. The first kappa shape index (κ1) is 8.30. The van der Waals surface area contributed by atoms with E-state index in [0.717, 1.165) is 5.70 Å². The number of hydrogen-bond donors (Lipinski definition) is 0. The molecular formula is C6H12N2S2. The highest BCUT2D eigenvalue weighted by Crippen LogP contribution is 2.29. The van der Waals surface area contributed by atoms with Crippen LogP contribution in [0.25, 0.3) is 0 Å². The van der Waals surface area contributed by atoms with Gasteiger partial charge in [0.2, 0.25) is 0 Å². The van der Waals surface area contributed by atoms with Gasteiger partial charge in [-0.25, -0.2) is 4.41 Å². The summed E-state index contributed by atoms with van der Waals surface area (Å²) < 4.78 is 4.24. The van der Waals surface area contributed by atoms with E-state index < -0.39 is 0 Å². The smallest absolute Gasteiger partial charge is 0.0330 e. The van der Waals surface area contributed by atoms with Crippen molar-refractivity contribution in [3.8, 4) is 0 Å². The van der Waals surface area contributed by atoms with Crippen molar-refractivity contribution in [2.45, 2.75) is 6.92 Å². The Hall–Kier alpha value is 0.200. The zero-order valence-electron chi connectivity index (χ0n) is 6.33. The molecule has 1 aliphatic heterocycles. The standard InChI is InChI=1S/C6H12N2S2/c1-6(2)8-7(3)9-4-5-10-8/h1,4-5H2,2-3H3. The van der Waals surface area contributed by atoms with Gasteiger partial charge in [0, 0.05) is 24.3 Å². The summed E-state index contributed by atoms with van der Waals surface area (Å²) in [6.07, 6.45) is 0. The van der Waals surface area contributed by atoms with Gasteiger partial charge in [-0.2, -0.15) is 4.41 Å². The number of hydrogen-bond acceptors (Lipinski definition) is 4. The molecule has 0 N–H and O–H groups in total. The van der Waals surface area contributed by atoms with E-state index in [9.17, 15) is 0 Å². The lowest BCUT2D eigenvalue weighted by Gasteiger charge is -2.34. The second kappa shape index (κ2) is 3.55. The van der Waals surface area contributed by atoms with Gasteiger partial charge in [-0.15, -0.1) is 0 Å². The third-order valence-electron chi connectivity index (χ3n) is 1.16. The van der Waals surface area contributed by atoms with Crippen LogP contribution >= 0.6 is 23.9 Å². The first-order valence-corrected chi connectivity index (χ1v) is 5.05. The molecule has 0 saturated carbocycles. The van der Waals surface area contributed by atoms with E-state index in [0.29, 0.717) is 0 Å². The molecule has 1 fully saturated rings. The highest BCUT2D eigenvalue weighted by Gasteiger charge is 2.16. The first-order chi connectivity index (χ1) is 4.72. The molecule has 1 heterocycles. The summed E-state index contributed by atoms with van der Waals surface area (Å²) in [7, 11) is 2.06. The fourth-order valence-corrected chi connectivity index (χ4v) is 2.72. The minimum atomic E-state index is 1.10. The van der Waals surface area contributed by atoms with Crippen molar-refractivity contribution >= 4 is 23.9 Å². The maximum atomic E-state index is 3.88. The summed E-state index contributed by atoms with van der Waals surface area (Å²) in [6, 6.07) is 0. The Bertz CT molecular complexity index is 138. The SMILES string of the molecule is C=C(C)N1SCCSN1C. The van der Waals surface area contributed by atoms with Gasteiger partial charge in [0.1, 0.15) is 0 Å². The van der Waals surface area contributed by atoms with Gasteiger partial charge in [-0.1, -0.05) is 18.5 Å². The van der Waals surface area contributed by atoms with E-state index in [1.54, 1.807) is 0 Å². The zero-order valence-corrected chi connectivity index (χ0v) is 7.97. The van der Waals surface area contributed by atoms with Crippen molar-refractivity contribution in [2.75, 3.05) is 18.6 Å². The predicted molar refractivity (Wildman–Crippen MR) is 49.3 cm³/mol. The van der Waals surface area contributed by atoms with Gasteiger partial charge >= 0.3 is 0 Å². The third kappa shape index (κ3) is 1.84. The molecule has 10 heavy (non-hydrogen) atoms. The molecule has 0 aromatic carbocycles. The Morgan fingerprint density at radius 1 is 1.40 bits per heavy atom. The van der Waals surface area contributed by atoms with E-state index in [4.69, 9.17) is 0 Å². The fourth-order valence-electron chi connectivity index (χ4n) is 0.777. The molecular weight excluding hydrogens is 164 g/mol. The molecule has 1 saturated heterocycles. The summed E-state index contributed by atoms with van der Waals surface area (Å²) in [5, 5.41) is 0. The summed E-state index contributed by atoms with van der Waals surface area (Å²) >= 11 is 3.65. The van der Waals surface area contributed by atoms with Crippen molar-refractivity contribution in [2.24, 2.45) is 0 Å². The highest BCUT2D eigenvalue weighted by atomic mass is 32.2. The summed E-state index contributed by atoms with van der Waals surface area (Å²) in [5.74, 6) is 2.38. The van der Waals surface area contributed by atoms with E-state index in [2.05, 4.69) is 22.5 Å². The van der Waals surface area contributed by atoms with Crippen molar-refractivity contribution in [1.29, 1.82) is 0 Å². The van der Waals surface area contributed by atoms with Crippen LogP contribution in [0.1, 0.15) is 6.92 Å². The van der Waals surface area contributed by atoms with E-state index in [1.165, 1.54) is 11.5 Å². The number of hydrazine groups is 1. The van der Waals surface area contributed by atoms with Gasteiger partial charge < -0.3 is 0 Å². The Labute approximate surface area is 70.9 Å². The monoisotopic (exact) mass is 176 g/mol. The second-order valence-electron chi connectivity index (χ2n) is 2.14. The fraction of sp³-hybridized carbons (Fsp3) is 0.667. The van der Waals surface area contributed by atoms with E-state index in [-0.39, 0.29) is 0 Å². The summed E-state index contributed by atoms with van der Waals surface area (Å²) in [4.78, 5) is 0. The molecule has 0 aromatic heterocycles. The Morgan fingerprint density at radius 2 is 2.00 bits per heavy atom. The second-order valence-corrected chi connectivity index (χ2v) is 4.35. The molecule has 0 atom stereocenters. The predicted octanol–water partition coefficient (Wildman–Crippen LogP) is 1.98. The molecule has 1 rings (SSSR count). The van der Waals surface area contributed by atoms with Crippen LogP contribution in [0.2, 0.25) is 0 Å². The molecule has 0 unspecified atom stereocenters. The van der Waals surface area contributed by atoms with Gasteiger partial charge in [-0.3, -0.25) is 0 Å². The molecule has 0 bridgehead atoms. The minimum absolute atomic E-state index is 1.10. The molecule has 4 heteroatoms. The van der Waals surface area contributed by atoms with Crippen LogP contribution < -0.4 is 0 Å². The van der Waals surface area contributed by atoms with Crippen molar-refractivity contribution < 1.29 is 0 Å². The van der Waals surface area contributed by atoms with Crippen molar-refractivity contribution in [1.82, 2.24) is 8.83 Å². The summed E-state index contributed by atoms with van der Waals surface area (Å²) in [5.41, 5.74) is 1.10. The molecule has 1 aliphatic rings. The number of allylic oxidation sites excluding steroid dienone is 1. The van der Waals surface area contributed by atoms with Crippen LogP contribution in [0.4, 0.5) is 0 Å². The molecule has 0 spiro atoms. The van der Waals surface area contributed by atoms with Gasteiger partial charge in [-0.05, 0) is 18.9 Å². The Morgan fingerprint density at radius 3 is 2.40 bits per heavy atom. The summed E-state index contributed by atoms with van der Waals surface area (Å²) in [6.45, 7) is 5.90. The van der Waals surface area contributed by atoms with E-state index >= 15 is 0 Å². The molecule has 0 amide bonds. The van der Waals surface area contributed by atoms with Crippen molar-refractivity contribution in [3.63, 3.8) is 0 Å². The lowest BCUT2D eigenvalue weighted by Crippen LogP contribution is -2.31. The highest BCUT2D eigenvalue weighted by molar-refractivity contribution is 8.03. The average molecular weight is 176 g/mol. The van der Waals surface area contributed by atoms with Crippen LogP contribution in [0.3, 0.4) is 0 Å². The van der Waals surface area contributed by atoms with Crippen LogP contribution in [0.15, 0.2) is 12.3 Å². The third-order valence-corrected chi connectivity index (χ3v) is 3.63. The maximum absolute atomic E-state index is 3.88. The average Bonchev–Trinajstić information content (AvgIpc) is 1.88. The van der Waals surface area contributed by atoms with Crippen LogP contribution in [0.5, 0.6) is 0 Å². The van der Waals surface area contributed by atoms with Crippen LogP contribution in [-0.2, 0) is 0 Å². The lowest BCUT2D eigenvalue weighted by atomic mass is 10.6. The van der Waals surface area contributed by atoms with Gasteiger partial charge in [0.25, 0.3) is 0 Å². The van der Waals surface area contributed by atoms with Crippen LogP contribution in [0, 0.1) is 0 Å². The quantitative estimate of drug-likeness (QED) is 0.563.